The second-order valence-electron chi connectivity index (χ2n) is 4.56. The molecule has 3 aromatic rings. The van der Waals surface area contributed by atoms with Crippen LogP contribution in [0.2, 0.25) is 0 Å². The maximum absolute atomic E-state index is 3.24. The van der Waals surface area contributed by atoms with Gasteiger partial charge < -0.3 is 9.97 Å². The molecule has 2 nitrogen and oxygen atoms in total. The van der Waals surface area contributed by atoms with Gasteiger partial charge in [-0.1, -0.05) is 24.3 Å². The molecule has 3 rings (SSSR count). The van der Waals surface area contributed by atoms with E-state index in [0.29, 0.717) is 0 Å². The summed E-state index contributed by atoms with van der Waals surface area (Å²) < 4.78 is 0. The van der Waals surface area contributed by atoms with E-state index in [-0.39, 0.29) is 0 Å². The van der Waals surface area contributed by atoms with E-state index in [0.717, 1.165) is 12.8 Å². The first-order chi connectivity index (χ1) is 8.90. The van der Waals surface area contributed by atoms with Gasteiger partial charge >= 0.3 is 0 Å². The molecule has 1 aromatic carbocycles. The minimum absolute atomic E-state index is 0.964. The highest BCUT2D eigenvalue weighted by Crippen LogP contribution is 2.13. The average Bonchev–Trinajstić information content (AvgIpc) is 3.03. The molecule has 0 aliphatic rings. The predicted octanol–water partition coefficient (Wildman–Crippen LogP) is 3.52. The Kier molecular flexibility index (Phi) is 3.01. The summed E-state index contributed by atoms with van der Waals surface area (Å²) >= 11 is 0. The third kappa shape index (κ3) is 2.54. The van der Waals surface area contributed by atoms with Crippen molar-refractivity contribution < 1.29 is 0 Å². The topological polar surface area (TPSA) is 31.6 Å². The summed E-state index contributed by atoms with van der Waals surface area (Å²) in [6.45, 7) is 0. The van der Waals surface area contributed by atoms with Crippen molar-refractivity contribution in [2.45, 2.75) is 12.8 Å². The molecule has 0 amide bonds. The molecule has 0 unspecified atom stereocenters. The Labute approximate surface area is 107 Å². The summed E-state index contributed by atoms with van der Waals surface area (Å²) in [6, 6.07) is 17.1. The van der Waals surface area contributed by atoms with Crippen molar-refractivity contribution in [2.75, 3.05) is 0 Å². The third-order valence-electron chi connectivity index (χ3n) is 3.11. The molecule has 0 aliphatic carbocycles. The molecule has 0 radical (unpaired) electrons. The monoisotopic (exact) mass is 236 g/mol. The Morgan fingerprint density at radius 2 is 1.22 bits per heavy atom. The normalized spacial score (nSPS) is 10.7. The molecule has 0 saturated carbocycles. The van der Waals surface area contributed by atoms with Crippen LogP contribution in [-0.2, 0) is 12.8 Å². The molecular weight excluding hydrogens is 220 g/mol. The van der Waals surface area contributed by atoms with Crippen LogP contribution in [0.25, 0.3) is 0 Å². The first-order valence-corrected chi connectivity index (χ1v) is 6.22. The number of benzene rings is 1. The molecule has 2 heterocycles. The third-order valence-corrected chi connectivity index (χ3v) is 3.11. The fourth-order valence-electron chi connectivity index (χ4n) is 2.24. The van der Waals surface area contributed by atoms with Crippen LogP contribution in [0.1, 0.15) is 22.5 Å². The lowest BCUT2D eigenvalue weighted by atomic mass is 10.0. The highest BCUT2D eigenvalue weighted by molar-refractivity contribution is 5.29. The van der Waals surface area contributed by atoms with E-state index >= 15 is 0 Å². The van der Waals surface area contributed by atoms with Gasteiger partial charge in [0.05, 0.1) is 0 Å². The van der Waals surface area contributed by atoms with E-state index in [4.69, 9.17) is 0 Å². The van der Waals surface area contributed by atoms with Crippen LogP contribution in [0.3, 0.4) is 0 Å². The molecule has 0 fully saturated rings. The maximum Gasteiger partial charge on any atom is 0.0191 e. The molecule has 2 N–H and O–H groups in total. The van der Waals surface area contributed by atoms with E-state index in [1.807, 2.05) is 24.5 Å². The lowest BCUT2D eigenvalue weighted by Gasteiger charge is -2.04. The number of hydrogen-bond acceptors (Lipinski definition) is 0. The maximum atomic E-state index is 3.24. The van der Waals surface area contributed by atoms with Crippen LogP contribution in [0.4, 0.5) is 0 Å². The van der Waals surface area contributed by atoms with Crippen LogP contribution in [0, 0.1) is 0 Å². The number of aromatic nitrogens is 2. The van der Waals surface area contributed by atoms with E-state index in [9.17, 15) is 0 Å². The van der Waals surface area contributed by atoms with Gasteiger partial charge in [0.1, 0.15) is 0 Å². The van der Waals surface area contributed by atoms with Gasteiger partial charge in [-0.25, -0.2) is 0 Å². The molecule has 2 aromatic heterocycles. The van der Waals surface area contributed by atoms with Crippen molar-refractivity contribution in [3.05, 3.63) is 83.4 Å². The van der Waals surface area contributed by atoms with Gasteiger partial charge in [-0.2, -0.15) is 0 Å². The zero-order valence-corrected chi connectivity index (χ0v) is 10.2. The van der Waals surface area contributed by atoms with Crippen LogP contribution in [0.15, 0.2) is 60.9 Å². The number of hydrogen-bond donors (Lipinski definition) is 2. The minimum Gasteiger partial charge on any atom is -0.365 e. The molecule has 0 aliphatic heterocycles. The Balaban J connectivity index is 1.76. The molecule has 18 heavy (non-hydrogen) atoms. The molecule has 0 bridgehead atoms. The van der Waals surface area contributed by atoms with E-state index in [1.54, 1.807) is 0 Å². The molecular formula is C16H16N2. The summed E-state index contributed by atoms with van der Waals surface area (Å²) in [5.74, 6) is 0. The van der Waals surface area contributed by atoms with E-state index in [1.165, 1.54) is 22.5 Å². The minimum atomic E-state index is 0.964. The molecule has 2 heteroatoms. The van der Waals surface area contributed by atoms with Crippen molar-refractivity contribution >= 4 is 0 Å². The van der Waals surface area contributed by atoms with Crippen molar-refractivity contribution in [3.8, 4) is 0 Å². The Morgan fingerprint density at radius 1 is 0.667 bits per heavy atom. The highest BCUT2D eigenvalue weighted by atomic mass is 14.7. The zero-order chi connectivity index (χ0) is 12.2. The lowest BCUT2D eigenvalue weighted by Crippen LogP contribution is -1.92. The largest absolute Gasteiger partial charge is 0.365 e. The van der Waals surface area contributed by atoms with Crippen LogP contribution >= 0.6 is 0 Å². The number of rotatable bonds is 4. The summed E-state index contributed by atoms with van der Waals surface area (Å²) in [7, 11) is 0. The molecule has 0 spiro atoms. The Bertz CT molecular complexity index is 540. The first kappa shape index (κ1) is 10.9. The second kappa shape index (κ2) is 4.96. The fourth-order valence-corrected chi connectivity index (χ4v) is 2.24. The molecule has 0 atom stereocenters. The first-order valence-electron chi connectivity index (χ1n) is 6.22. The second-order valence-corrected chi connectivity index (χ2v) is 4.56. The summed E-state index contributed by atoms with van der Waals surface area (Å²) in [6.07, 6.45) is 5.87. The van der Waals surface area contributed by atoms with Gasteiger partial charge in [-0.15, -0.1) is 0 Å². The van der Waals surface area contributed by atoms with Crippen LogP contribution in [0.5, 0.6) is 0 Å². The summed E-state index contributed by atoms with van der Waals surface area (Å²) in [4.78, 5) is 6.49. The lowest BCUT2D eigenvalue weighted by molar-refractivity contribution is 1.07. The number of H-pyrrole nitrogens is 2. The Morgan fingerprint density at radius 3 is 1.67 bits per heavy atom. The van der Waals surface area contributed by atoms with Gasteiger partial charge in [0.2, 0.25) is 0 Å². The van der Waals surface area contributed by atoms with Gasteiger partial charge in [-0.05, 0) is 35.4 Å². The predicted molar refractivity (Wildman–Crippen MR) is 73.6 cm³/mol. The van der Waals surface area contributed by atoms with Crippen molar-refractivity contribution in [3.63, 3.8) is 0 Å². The van der Waals surface area contributed by atoms with Gasteiger partial charge in [-0.3, -0.25) is 0 Å². The van der Waals surface area contributed by atoms with Crippen molar-refractivity contribution in [1.82, 2.24) is 9.97 Å². The summed E-state index contributed by atoms with van der Waals surface area (Å²) in [5, 5.41) is 0. The Hall–Kier alpha value is -2.22. The van der Waals surface area contributed by atoms with E-state index in [2.05, 4.69) is 46.4 Å². The zero-order valence-electron chi connectivity index (χ0n) is 10.2. The van der Waals surface area contributed by atoms with Crippen LogP contribution in [-0.4, -0.2) is 9.97 Å². The average molecular weight is 236 g/mol. The van der Waals surface area contributed by atoms with Crippen molar-refractivity contribution in [2.24, 2.45) is 0 Å². The smallest absolute Gasteiger partial charge is 0.0191 e. The SMILES string of the molecule is c1cc(Cc2ccc[nH]2)cc(Cc2ccc[nH]2)c1. The molecule has 90 valence electrons. The van der Waals surface area contributed by atoms with Gasteiger partial charge in [0, 0.05) is 36.6 Å². The fraction of sp³-hybridized carbons (Fsp3) is 0.125. The van der Waals surface area contributed by atoms with Crippen molar-refractivity contribution in [1.29, 1.82) is 0 Å². The van der Waals surface area contributed by atoms with Gasteiger partial charge in [0.25, 0.3) is 0 Å². The van der Waals surface area contributed by atoms with E-state index < -0.39 is 0 Å². The van der Waals surface area contributed by atoms with Gasteiger partial charge in [0.15, 0.2) is 0 Å². The quantitative estimate of drug-likeness (QED) is 0.694. The van der Waals surface area contributed by atoms with Crippen LogP contribution < -0.4 is 0 Å². The highest BCUT2D eigenvalue weighted by Gasteiger charge is 2.00. The summed E-state index contributed by atoms with van der Waals surface area (Å²) in [5.41, 5.74) is 5.21. The standard InChI is InChI=1S/C16H16N2/c1-4-13(11-15-6-2-8-17-15)10-14(5-1)12-16-7-3-9-18-16/h1-10,17-18H,11-12H2. The molecule has 0 saturated heterocycles. The number of nitrogens with one attached hydrogen (secondary N) is 2. The number of aromatic amines is 2.